The van der Waals surface area contributed by atoms with Gasteiger partial charge < -0.3 is 45.2 Å². The van der Waals surface area contributed by atoms with Crippen molar-refractivity contribution in [3.05, 3.63) is 76.6 Å². The molecule has 11 nitrogen and oxygen atoms in total. The Kier molecular flexibility index (Phi) is 9.49. The van der Waals surface area contributed by atoms with Crippen LogP contribution in [0.2, 0.25) is 0 Å². The molecule has 5 unspecified atom stereocenters. The molecule has 39 heavy (non-hydrogen) atoms. The molecule has 11 heteroatoms. The first-order chi connectivity index (χ1) is 18.5. The Labute approximate surface area is 223 Å². The second kappa shape index (κ2) is 12.6. The molecule has 0 bridgehead atoms. The molecule has 7 N–H and O–H groups in total. The predicted molar refractivity (Wildman–Crippen MR) is 139 cm³/mol. The summed E-state index contributed by atoms with van der Waals surface area (Å²) in [4.78, 5) is 23.7. The molecule has 3 rings (SSSR count). The van der Waals surface area contributed by atoms with Gasteiger partial charge in [-0.3, -0.25) is 4.79 Å². The van der Waals surface area contributed by atoms with E-state index in [1.54, 1.807) is 6.07 Å². The molecule has 1 heterocycles. The van der Waals surface area contributed by atoms with E-state index in [0.29, 0.717) is 11.1 Å². The van der Waals surface area contributed by atoms with Crippen LogP contribution < -0.4 is 4.74 Å². The van der Waals surface area contributed by atoms with Crippen LogP contribution >= 0.6 is 0 Å². The van der Waals surface area contributed by atoms with E-state index >= 15 is 0 Å². The number of aliphatic carboxylic acids is 1. The maximum absolute atomic E-state index is 12.2. The van der Waals surface area contributed by atoms with Crippen molar-refractivity contribution >= 4 is 23.9 Å². The second-order valence-corrected chi connectivity index (χ2v) is 9.00. The predicted octanol–water partition coefficient (Wildman–Crippen LogP) is 2.22. The molecule has 1 aliphatic heterocycles. The van der Waals surface area contributed by atoms with Gasteiger partial charge in [-0.25, -0.2) is 4.79 Å². The number of rotatable bonds is 9. The molecule has 0 saturated carbocycles. The van der Waals surface area contributed by atoms with Crippen molar-refractivity contribution in [3.63, 3.8) is 0 Å². The van der Waals surface area contributed by atoms with Gasteiger partial charge in [0.1, 0.15) is 17.6 Å². The van der Waals surface area contributed by atoms with Crippen molar-refractivity contribution in [2.45, 2.75) is 37.9 Å². The number of phenols is 2. The smallest absolute Gasteiger partial charge is 0.335 e. The molecule has 0 aliphatic carbocycles. The van der Waals surface area contributed by atoms with Crippen LogP contribution in [-0.4, -0.2) is 72.9 Å². The molecule has 208 valence electrons. The zero-order valence-corrected chi connectivity index (χ0v) is 21.1. The Morgan fingerprint density at radius 1 is 1.00 bits per heavy atom. The number of phenolic OH excluding ortho intramolecular Hbond substituents is 1. The first-order valence-electron chi connectivity index (χ1n) is 11.9. The highest BCUT2D eigenvalue weighted by Gasteiger charge is 2.46. The van der Waals surface area contributed by atoms with Crippen LogP contribution in [0.15, 0.2) is 54.3 Å². The number of aliphatic hydroxyl groups excluding tert-OH is 4. The Morgan fingerprint density at radius 3 is 2.33 bits per heavy atom. The van der Waals surface area contributed by atoms with Gasteiger partial charge in [0.25, 0.3) is 0 Å². The number of carbonyl (C=O) groups is 2. The summed E-state index contributed by atoms with van der Waals surface area (Å²) < 4.78 is 10.5. The van der Waals surface area contributed by atoms with E-state index in [1.807, 2.05) is 0 Å². The number of aliphatic hydroxyl groups is 4. The molecular formula is C28H30O11. The Bertz CT molecular complexity index is 1310. The summed E-state index contributed by atoms with van der Waals surface area (Å²) in [5, 5.41) is 70.0. The fourth-order valence-corrected chi connectivity index (χ4v) is 4.17. The number of ketones is 1. The summed E-state index contributed by atoms with van der Waals surface area (Å²) in [6, 6.07) is 7.34. The van der Waals surface area contributed by atoms with Crippen LogP contribution in [0.5, 0.6) is 17.2 Å². The topological polar surface area (TPSA) is 194 Å². The molecule has 0 radical (unpaired) electrons. The van der Waals surface area contributed by atoms with Gasteiger partial charge in [-0.05, 0) is 47.5 Å². The minimum absolute atomic E-state index is 0.0506. The minimum atomic E-state index is -1.74. The van der Waals surface area contributed by atoms with Crippen LogP contribution in [0.1, 0.15) is 35.3 Å². The molecule has 0 amide bonds. The molecule has 0 spiro atoms. The molecule has 2 aromatic carbocycles. The summed E-state index contributed by atoms with van der Waals surface area (Å²) in [6.45, 7) is 0.932. The number of allylic oxidation sites excluding steroid dienone is 3. The maximum atomic E-state index is 12.2. The van der Waals surface area contributed by atoms with Crippen molar-refractivity contribution in [2.24, 2.45) is 5.92 Å². The third-order valence-electron chi connectivity index (χ3n) is 6.31. The second-order valence-electron chi connectivity index (χ2n) is 9.00. The maximum Gasteiger partial charge on any atom is 0.335 e. The SMILES string of the molecule is COc1cc(/C=C/C(=O)/C=C(O)/C=C/c2cc(CO)c(O)c(C3OC(C(=O)O)C(O)C(O)C3C)c2)ccc1O. The van der Waals surface area contributed by atoms with Crippen LogP contribution in [0.3, 0.4) is 0 Å². The lowest BCUT2D eigenvalue weighted by molar-refractivity contribution is -0.211. The van der Waals surface area contributed by atoms with Gasteiger partial charge in [0.2, 0.25) is 0 Å². The highest BCUT2D eigenvalue weighted by Crippen LogP contribution is 2.42. The van der Waals surface area contributed by atoms with Gasteiger partial charge in [-0.2, -0.15) is 0 Å². The number of ether oxygens (including phenoxy) is 2. The third kappa shape index (κ3) is 6.84. The molecular weight excluding hydrogens is 512 g/mol. The average Bonchev–Trinajstić information content (AvgIpc) is 2.90. The number of hydrogen-bond acceptors (Lipinski definition) is 10. The van der Waals surface area contributed by atoms with Crippen molar-refractivity contribution < 1.29 is 54.8 Å². The van der Waals surface area contributed by atoms with E-state index in [2.05, 4.69) is 0 Å². The van der Waals surface area contributed by atoms with Gasteiger partial charge >= 0.3 is 5.97 Å². The van der Waals surface area contributed by atoms with E-state index in [-0.39, 0.29) is 28.4 Å². The van der Waals surface area contributed by atoms with Gasteiger partial charge in [0, 0.05) is 23.1 Å². The molecule has 1 aliphatic rings. The number of benzene rings is 2. The van der Waals surface area contributed by atoms with Crippen molar-refractivity contribution in [1.82, 2.24) is 0 Å². The monoisotopic (exact) mass is 542 g/mol. The van der Waals surface area contributed by atoms with Crippen LogP contribution in [0.25, 0.3) is 12.2 Å². The van der Waals surface area contributed by atoms with E-state index in [1.165, 1.54) is 62.6 Å². The summed E-state index contributed by atoms with van der Waals surface area (Å²) >= 11 is 0. The number of aromatic hydroxyl groups is 2. The quantitative estimate of drug-likeness (QED) is 0.139. The van der Waals surface area contributed by atoms with E-state index in [4.69, 9.17) is 9.47 Å². The summed E-state index contributed by atoms with van der Waals surface area (Å²) in [5.74, 6) is -3.44. The first kappa shape index (κ1) is 29.4. The zero-order valence-electron chi connectivity index (χ0n) is 21.1. The van der Waals surface area contributed by atoms with Gasteiger partial charge in [0.05, 0.1) is 25.9 Å². The van der Waals surface area contributed by atoms with E-state index in [9.17, 15) is 45.3 Å². The van der Waals surface area contributed by atoms with Crippen molar-refractivity contribution in [3.8, 4) is 17.2 Å². The van der Waals surface area contributed by atoms with E-state index < -0.39 is 54.5 Å². The fourth-order valence-electron chi connectivity index (χ4n) is 4.17. The number of hydrogen-bond donors (Lipinski definition) is 7. The Balaban J connectivity index is 1.84. The Morgan fingerprint density at radius 2 is 1.69 bits per heavy atom. The normalized spacial score (nSPS) is 23.8. The summed E-state index contributed by atoms with van der Waals surface area (Å²) in [7, 11) is 1.39. The minimum Gasteiger partial charge on any atom is -0.508 e. The van der Waals surface area contributed by atoms with Gasteiger partial charge in [0.15, 0.2) is 23.4 Å². The summed E-state index contributed by atoms with van der Waals surface area (Å²) in [5.41, 5.74) is 1.07. The molecule has 5 atom stereocenters. The number of carbonyl (C=O) groups excluding carboxylic acids is 1. The van der Waals surface area contributed by atoms with Crippen molar-refractivity contribution in [1.29, 1.82) is 0 Å². The lowest BCUT2D eigenvalue weighted by atomic mass is 9.83. The molecule has 1 fully saturated rings. The highest BCUT2D eigenvalue weighted by atomic mass is 16.5. The first-order valence-corrected chi connectivity index (χ1v) is 11.9. The summed E-state index contributed by atoms with van der Waals surface area (Å²) in [6.07, 6.45) is 0.205. The molecule has 2 aromatic rings. The standard InChI is InChI=1S/C28H30O11/c1-14-23(33)25(35)27(28(36)37)39-26(14)20-10-16(9-17(13-29)24(20)34)4-7-19(31)12-18(30)6-3-15-5-8-21(32)22(11-15)38-2/h3-12,14,23,25-27,29,31-35H,13H2,1-2H3,(H,36,37)/b6-3+,7-4+,19-12-. The van der Waals surface area contributed by atoms with Gasteiger partial charge in [-0.1, -0.05) is 25.1 Å². The largest absolute Gasteiger partial charge is 0.508 e. The van der Waals surface area contributed by atoms with E-state index in [0.717, 1.165) is 6.08 Å². The fraction of sp³-hybridized carbons (Fsp3) is 0.286. The van der Waals surface area contributed by atoms with Crippen LogP contribution in [0, 0.1) is 5.92 Å². The molecule has 0 aromatic heterocycles. The lowest BCUT2D eigenvalue weighted by Crippen LogP contribution is -2.53. The van der Waals surface area contributed by atoms with Crippen molar-refractivity contribution in [2.75, 3.05) is 7.11 Å². The Hall–Kier alpha value is -4.16. The van der Waals surface area contributed by atoms with Crippen LogP contribution in [-0.2, 0) is 20.9 Å². The third-order valence-corrected chi connectivity index (χ3v) is 6.31. The number of carboxylic acid groups (broad SMARTS) is 1. The number of methoxy groups -OCH3 is 1. The van der Waals surface area contributed by atoms with Gasteiger partial charge in [-0.15, -0.1) is 0 Å². The number of carboxylic acids is 1. The lowest BCUT2D eigenvalue weighted by Gasteiger charge is -2.40. The zero-order chi connectivity index (χ0) is 28.9. The van der Waals surface area contributed by atoms with Crippen LogP contribution in [0.4, 0.5) is 0 Å². The highest BCUT2D eigenvalue weighted by molar-refractivity contribution is 6.02. The molecule has 1 saturated heterocycles. The average molecular weight is 543 g/mol.